The first-order chi connectivity index (χ1) is 8.34. The van der Waals surface area contributed by atoms with E-state index >= 15 is 0 Å². The molecule has 0 aliphatic carbocycles. The number of hydrogen-bond acceptors (Lipinski definition) is 4. The van der Waals surface area contributed by atoms with Crippen LogP contribution in [0.15, 0.2) is 0 Å². The van der Waals surface area contributed by atoms with Crippen molar-refractivity contribution >= 4 is 18.3 Å². The SMILES string of the molecule is Cl.O=C(CN1CCOCC1)NCC1CCCNC1. The third-order valence-electron chi connectivity index (χ3n) is 3.46. The summed E-state index contributed by atoms with van der Waals surface area (Å²) in [7, 11) is 0. The Hall–Kier alpha value is -0.360. The van der Waals surface area contributed by atoms with Gasteiger partial charge in [-0.2, -0.15) is 0 Å². The molecule has 106 valence electrons. The summed E-state index contributed by atoms with van der Waals surface area (Å²) in [6.45, 7) is 6.74. The molecule has 2 aliphatic heterocycles. The zero-order chi connectivity index (χ0) is 11.9. The van der Waals surface area contributed by atoms with Crippen molar-refractivity contribution in [3.05, 3.63) is 0 Å². The van der Waals surface area contributed by atoms with E-state index in [1.54, 1.807) is 0 Å². The highest BCUT2D eigenvalue weighted by molar-refractivity contribution is 5.85. The molecule has 2 heterocycles. The van der Waals surface area contributed by atoms with Crippen molar-refractivity contribution in [2.24, 2.45) is 5.92 Å². The van der Waals surface area contributed by atoms with Gasteiger partial charge in [0.15, 0.2) is 0 Å². The van der Waals surface area contributed by atoms with Gasteiger partial charge in [0.2, 0.25) is 5.91 Å². The van der Waals surface area contributed by atoms with Gasteiger partial charge >= 0.3 is 0 Å². The highest BCUT2D eigenvalue weighted by atomic mass is 35.5. The van der Waals surface area contributed by atoms with E-state index in [0.29, 0.717) is 12.5 Å². The number of ether oxygens (including phenoxy) is 1. The Morgan fingerprint density at radius 3 is 2.83 bits per heavy atom. The van der Waals surface area contributed by atoms with Crippen molar-refractivity contribution < 1.29 is 9.53 Å². The first-order valence-electron chi connectivity index (χ1n) is 6.62. The summed E-state index contributed by atoms with van der Waals surface area (Å²) in [5.74, 6) is 0.759. The fourth-order valence-corrected chi connectivity index (χ4v) is 2.37. The minimum atomic E-state index is 0. The Bertz CT molecular complexity index is 241. The fraction of sp³-hybridized carbons (Fsp3) is 0.917. The van der Waals surface area contributed by atoms with E-state index in [0.717, 1.165) is 45.9 Å². The molecule has 0 radical (unpaired) electrons. The van der Waals surface area contributed by atoms with Crippen LogP contribution < -0.4 is 10.6 Å². The number of rotatable bonds is 4. The predicted molar refractivity (Wildman–Crippen MR) is 73.1 cm³/mol. The van der Waals surface area contributed by atoms with Crippen LogP contribution in [-0.2, 0) is 9.53 Å². The zero-order valence-corrected chi connectivity index (χ0v) is 11.6. The molecule has 1 amide bonds. The van der Waals surface area contributed by atoms with Crippen molar-refractivity contribution in [2.45, 2.75) is 12.8 Å². The molecule has 2 fully saturated rings. The second-order valence-electron chi connectivity index (χ2n) is 4.90. The van der Waals surface area contributed by atoms with Gasteiger partial charge in [-0.05, 0) is 31.8 Å². The molecule has 1 unspecified atom stereocenters. The van der Waals surface area contributed by atoms with Gasteiger partial charge in [0.1, 0.15) is 0 Å². The molecule has 2 rings (SSSR count). The minimum absolute atomic E-state index is 0. The molecule has 1 atom stereocenters. The number of nitrogens with one attached hydrogen (secondary N) is 2. The standard InChI is InChI=1S/C12H23N3O2.ClH/c16-12(10-15-4-6-17-7-5-15)14-9-11-2-1-3-13-8-11;/h11,13H,1-10H2,(H,14,16);1H. The lowest BCUT2D eigenvalue weighted by Gasteiger charge is -2.27. The van der Waals surface area contributed by atoms with Gasteiger partial charge in [0.05, 0.1) is 19.8 Å². The highest BCUT2D eigenvalue weighted by Gasteiger charge is 2.16. The average Bonchev–Trinajstić information content (AvgIpc) is 2.39. The number of piperidine rings is 1. The van der Waals surface area contributed by atoms with Gasteiger partial charge in [0, 0.05) is 19.6 Å². The molecule has 0 spiro atoms. The lowest BCUT2D eigenvalue weighted by atomic mass is 10.00. The molecule has 2 aliphatic rings. The van der Waals surface area contributed by atoms with Gasteiger partial charge in [-0.1, -0.05) is 0 Å². The van der Waals surface area contributed by atoms with E-state index in [9.17, 15) is 4.79 Å². The van der Waals surface area contributed by atoms with Crippen LogP contribution in [-0.4, -0.2) is 63.3 Å². The van der Waals surface area contributed by atoms with E-state index in [1.165, 1.54) is 12.8 Å². The van der Waals surface area contributed by atoms with Gasteiger partial charge in [-0.3, -0.25) is 9.69 Å². The molecule has 6 heteroatoms. The molecule has 2 saturated heterocycles. The number of carbonyl (C=O) groups excluding carboxylic acids is 1. The molecule has 0 aromatic heterocycles. The lowest BCUT2D eigenvalue weighted by Crippen LogP contribution is -2.45. The number of nitrogens with zero attached hydrogens (tertiary/aromatic N) is 1. The van der Waals surface area contributed by atoms with Gasteiger partial charge in [-0.25, -0.2) is 0 Å². The number of hydrogen-bond donors (Lipinski definition) is 2. The normalized spacial score (nSPS) is 25.2. The van der Waals surface area contributed by atoms with Crippen LogP contribution in [0.1, 0.15) is 12.8 Å². The first kappa shape index (κ1) is 15.7. The molecule has 0 bridgehead atoms. The van der Waals surface area contributed by atoms with E-state index in [2.05, 4.69) is 15.5 Å². The van der Waals surface area contributed by atoms with Crippen molar-refractivity contribution in [2.75, 3.05) is 52.5 Å². The zero-order valence-electron chi connectivity index (χ0n) is 10.8. The van der Waals surface area contributed by atoms with Crippen molar-refractivity contribution in [3.8, 4) is 0 Å². The molecule has 0 aromatic carbocycles. The van der Waals surface area contributed by atoms with Gasteiger partial charge in [-0.15, -0.1) is 12.4 Å². The fourth-order valence-electron chi connectivity index (χ4n) is 2.37. The van der Waals surface area contributed by atoms with Crippen LogP contribution in [0.3, 0.4) is 0 Å². The third kappa shape index (κ3) is 5.52. The highest BCUT2D eigenvalue weighted by Crippen LogP contribution is 2.08. The smallest absolute Gasteiger partial charge is 0.234 e. The molecule has 5 nitrogen and oxygen atoms in total. The van der Waals surface area contributed by atoms with E-state index in [4.69, 9.17) is 4.74 Å². The monoisotopic (exact) mass is 277 g/mol. The van der Waals surface area contributed by atoms with Crippen LogP contribution in [0, 0.1) is 5.92 Å². The van der Waals surface area contributed by atoms with Crippen molar-refractivity contribution in [1.29, 1.82) is 0 Å². The maximum atomic E-state index is 11.7. The summed E-state index contributed by atoms with van der Waals surface area (Å²) >= 11 is 0. The summed E-state index contributed by atoms with van der Waals surface area (Å²) in [4.78, 5) is 13.9. The Morgan fingerprint density at radius 1 is 1.39 bits per heavy atom. The summed E-state index contributed by atoms with van der Waals surface area (Å²) in [6, 6.07) is 0. The summed E-state index contributed by atoms with van der Waals surface area (Å²) in [6.07, 6.45) is 2.45. The second-order valence-corrected chi connectivity index (χ2v) is 4.90. The maximum absolute atomic E-state index is 11.7. The Labute approximate surface area is 115 Å². The van der Waals surface area contributed by atoms with Crippen LogP contribution in [0.4, 0.5) is 0 Å². The van der Waals surface area contributed by atoms with Gasteiger partial charge < -0.3 is 15.4 Å². The molecular formula is C12H24ClN3O2. The minimum Gasteiger partial charge on any atom is -0.379 e. The Kier molecular flexibility index (Phi) is 7.58. The third-order valence-corrected chi connectivity index (χ3v) is 3.46. The van der Waals surface area contributed by atoms with Crippen molar-refractivity contribution in [1.82, 2.24) is 15.5 Å². The number of amides is 1. The Morgan fingerprint density at radius 2 is 2.17 bits per heavy atom. The average molecular weight is 278 g/mol. The molecular weight excluding hydrogens is 254 g/mol. The predicted octanol–water partition coefficient (Wildman–Crippen LogP) is -0.144. The summed E-state index contributed by atoms with van der Waals surface area (Å²) in [5, 5.41) is 6.40. The first-order valence-corrected chi connectivity index (χ1v) is 6.62. The van der Waals surface area contributed by atoms with E-state index in [1.807, 2.05) is 0 Å². The molecule has 0 aromatic rings. The molecule has 18 heavy (non-hydrogen) atoms. The van der Waals surface area contributed by atoms with Crippen molar-refractivity contribution in [3.63, 3.8) is 0 Å². The quantitative estimate of drug-likeness (QED) is 0.751. The van der Waals surface area contributed by atoms with Crippen LogP contribution >= 0.6 is 12.4 Å². The summed E-state index contributed by atoms with van der Waals surface area (Å²) in [5.41, 5.74) is 0. The van der Waals surface area contributed by atoms with Gasteiger partial charge in [0.25, 0.3) is 0 Å². The molecule has 2 N–H and O–H groups in total. The summed E-state index contributed by atoms with van der Waals surface area (Å²) < 4.78 is 5.25. The maximum Gasteiger partial charge on any atom is 0.234 e. The van der Waals surface area contributed by atoms with E-state index in [-0.39, 0.29) is 18.3 Å². The lowest BCUT2D eigenvalue weighted by molar-refractivity contribution is -0.123. The Balaban J connectivity index is 0.00000162. The van der Waals surface area contributed by atoms with Crippen LogP contribution in [0.2, 0.25) is 0 Å². The number of carbonyl (C=O) groups is 1. The number of halogens is 1. The largest absolute Gasteiger partial charge is 0.379 e. The van der Waals surface area contributed by atoms with Crippen LogP contribution in [0.5, 0.6) is 0 Å². The van der Waals surface area contributed by atoms with Crippen LogP contribution in [0.25, 0.3) is 0 Å². The number of morpholine rings is 1. The van der Waals surface area contributed by atoms with E-state index < -0.39 is 0 Å². The second kappa shape index (κ2) is 8.69. The topological polar surface area (TPSA) is 53.6 Å². The molecule has 0 saturated carbocycles.